The Kier molecular flexibility index (Phi) is 7.51. The van der Waals surface area contributed by atoms with Gasteiger partial charge in [-0.25, -0.2) is 0 Å². The monoisotopic (exact) mass is 350 g/mol. The number of carbonyl (C=O) groups excluding carboxylic acids is 1. The van der Waals surface area contributed by atoms with E-state index < -0.39 is 6.61 Å². The van der Waals surface area contributed by atoms with E-state index in [2.05, 4.69) is 15.4 Å². The van der Waals surface area contributed by atoms with Gasteiger partial charge in [-0.05, 0) is 44.5 Å². The SMILES string of the molecule is COc1cc(C(=O)NC2CCCNC2C)ccc1OC(F)F.Cl. The first-order valence-corrected chi connectivity index (χ1v) is 7.18. The molecular formula is C15H21ClF2N2O3. The molecule has 5 nitrogen and oxygen atoms in total. The third-order valence-corrected chi connectivity index (χ3v) is 3.72. The molecule has 130 valence electrons. The summed E-state index contributed by atoms with van der Waals surface area (Å²) in [6.45, 7) is 0.0217. The summed E-state index contributed by atoms with van der Waals surface area (Å²) in [5.41, 5.74) is 0.344. The average molecular weight is 351 g/mol. The molecule has 2 N–H and O–H groups in total. The van der Waals surface area contributed by atoms with Gasteiger partial charge in [-0.2, -0.15) is 8.78 Å². The molecule has 0 radical (unpaired) electrons. The first-order chi connectivity index (χ1) is 10.5. The van der Waals surface area contributed by atoms with E-state index in [1.54, 1.807) is 0 Å². The summed E-state index contributed by atoms with van der Waals surface area (Å²) in [5.74, 6) is -0.257. The van der Waals surface area contributed by atoms with E-state index in [4.69, 9.17) is 4.74 Å². The van der Waals surface area contributed by atoms with Crippen LogP contribution in [0.25, 0.3) is 0 Å². The highest BCUT2D eigenvalue weighted by molar-refractivity contribution is 5.95. The molecule has 1 saturated heterocycles. The summed E-state index contributed by atoms with van der Waals surface area (Å²) in [7, 11) is 1.34. The first kappa shape index (κ1) is 19.4. The van der Waals surface area contributed by atoms with E-state index in [1.165, 1.54) is 25.3 Å². The number of hydrogen-bond donors (Lipinski definition) is 2. The maximum atomic E-state index is 12.3. The fourth-order valence-corrected chi connectivity index (χ4v) is 2.50. The van der Waals surface area contributed by atoms with Crippen LogP contribution in [0, 0.1) is 0 Å². The summed E-state index contributed by atoms with van der Waals surface area (Å²) in [6, 6.07) is 4.39. The molecule has 1 aromatic carbocycles. The predicted octanol–water partition coefficient (Wildman–Crippen LogP) is 2.59. The average Bonchev–Trinajstić information content (AvgIpc) is 2.49. The number of carbonyl (C=O) groups is 1. The van der Waals surface area contributed by atoms with Gasteiger partial charge in [0.05, 0.1) is 7.11 Å². The zero-order valence-electron chi connectivity index (χ0n) is 13.0. The summed E-state index contributed by atoms with van der Waals surface area (Å²) in [4.78, 5) is 12.3. The van der Waals surface area contributed by atoms with Gasteiger partial charge in [0.15, 0.2) is 11.5 Å². The van der Waals surface area contributed by atoms with Crippen LogP contribution in [-0.4, -0.2) is 38.3 Å². The number of alkyl halides is 2. The normalized spacial score (nSPS) is 20.6. The molecule has 8 heteroatoms. The summed E-state index contributed by atoms with van der Waals surface area (Å²) in [5, 5.41) is 6.25. The van der Waals surface area contributed by atoms with E-state index in [1.807, 2.05) is 6.92 Å². The Bertz CT molecular complexity index is 531. The number of ether oxygens (including phenoxy) is 2. The van der Waals surface area contributed by atoms with Gasteiger partial charge >= 0.3 is 6.61 Å². The van der Waals surface area contributed by atoms with Crippen LogP contribution in [0.2, 0.25) is 0 Å². The van der Waals surface area contributed by atoms with Gasteiger partial charge in [-0.15, -0.1) is 12.4 Å². The minimum absolute atomic E-state index is 0. The van der Waals surface area contributed by atoms with E-state index in [0.29, 0.717) is 5.56 Å². The van der Waals surface area contributed by atoms with Crippen molar-refractivity contribution in [2.24, 2.45) is 0 Å². The number of piperidine rings is 1. The third-order valence-electron chi connectivity index (χ3n) is 3.72. The van der Waals surface area contributed by atoms with Crippen molar-refractivity contribution in [3.63, 3.8) is 0 Å². The number of nitrogens with one attached hydrogen (secondary N) is 2. The standard InChI is InChI=1S/C15H20F2N2O3.ClH/c1-9-11(4-3-7-18-9)19-14(20)10-5-6-12(22-15(16)17)13(8-10)21-2;/h5-6,8-9,11,15,18H,3-4,7H2,1-2H3,(H,19,20);1H. The highest BCUT2D eigenvalue weighted by Crippen LogP contribution is 2.29. The van der Waals surface area contributed by atoms with Gasteiger partial charge in [-0.1, -0.05) is 0 Å². The number of rotatable bonds is 5. The Hall–Kier alpha value is -1.60. The number of hydrogen-bond acceptors (Lipinski definition) is 4. The Balaban J connectivity index is 0.00000264. The Labute approximate surface area is 140 Å². The largest absolute Gasteiger partial charge is 0.493 e. The van der Waals surface area contributed by atoms with Crippen molar-refractivity contribution in [2.75, 3.05) is 13.7 Å². The van der Waals surface area contributed by atoms with Crippen LogP contribution in [0.5, 0.6) is 11.5 Å². The van der Waals surface area contributed by atoms with Crippen molar-refractivity contribution >= 4 is 18.3 Å². The molecule has 2 unspecified atom stereocenters. The number of benzene rings is 1. The second-order valence-electron chi connectivity index (χ2n) is 5.21. The Morgan fingerprint density at radius 1 is 1.39 bits per heavy atom. The van der Waals surface area contributed by atoms with Gasteiger partial charge in [0.2, 0.25) is 0 Å². The quantitative estimate of drug-likeness (QED) is 0.857. The van der Waals surface area contributed by atoms with Crippen molar-refractivity contribution in [1.82, 2.24) is 10.6 Å². The number of halogens is 3. The zero-order valence-corrected chi connectivity index (χ0v) is 13.8. The molecule has 1 heterocycles. The summed E-state index contributed by atoms with van der Waals surface area (Å²) in [6.07, 6.45) is 1.91. The van der Waals surface area contributed by atoms with Crippen molar-refractivity contribution in [3.8, 4) is 11.5 Å². The molecule has 2 atom stereocenters. The second-order valence-corrected chi connectivity index (χ2v) is 5.21. The molecule has 0 aromatic heterocycles. The van der Waals surface area contributed by atoms with Gasteiger partial charge in [0.25, 0.3) is 5.91 Å². The molecule has 0 spiro atoms. The molecule has 0 bridgehead atoms. The first-order valence-electron chi connectivity index (χ1n) is 7.18. The lowest BCUT2D eigenvalue weighted by Gasteiger charge is -2.30. The van der Waals surface area contributed by atoms with Crippen molar-refractivity contribution in [2.45, 2.75) is 38.5 Å². The smallest absolute Gasteiger partial charge is 0.387 e. The van der Waals surface area contributed by atoms with Crippen LogP contribution in [0.4, 0.5) is 8.78 Å². The highest BCUT2D eigenvalue weighted by atomic mass is 35.5. The van der Waals surface area contributed by atoms with Gasteiger partial charge in [0, 0.05) is 17.6 Å². The highest BCUT2D eigenvalue weighted by Gasteiger charge is 2.23. The molecule has 0 saturated carbocycles. The molecule has 1 fully saturated rings. The molecule has 1 aliphatic rings. The lowest BCUT2D eigenvalue weighted by molar-refractivity contribution is -0.0512. The van der Waals surface area contributed by atoms with E-state index in [-0.39, 0.29) is 41.9 Å². The molecule has 1 aliphatic heterocycles. The van der Waals surface area contributed by atoms with E-state index in [9.17, 15) is 13.6 Å². The van der Waals surface area contributed by atoms with Crippen LogP contribution in [0.3, 0.4) is 0 Å². The van der Waals surface area contributed by atoms with E-state index in [0.717, 1.165) is 19.4 Å². The fourth-order valence-electron chi connectivity index (χ4n) is 2.50. The van der Waals surface area contributed by atoms with Crippen LogP contribution in [0.1, 0.15) is 30.1 Å². The fraction of sp³-hybridized carbons (Fsp3) is 0.533. The molecule has 23 heavy (non-hydrogen) atoms. The number of methoxy groups -OCH3 is 1. The Morgan fingerprint density at radius 2 is 2.13 bits per heavy atom. The Morgan fingerprint density at radius 3 is 2.74 bits per heavy atom. The van der Waals surface area contributed by atoms with E-state index >= 15 is 0 Å². The van der Waals surface area contributed by atoms with Gasteiger partial charge in [0.1, 0.15) is 0 Å². The van der Waals surface area contributed by atoms with Crippen LogP contribution < -0.4 is 20.1 Å². The molecule has 1 aromatic rings. The second kappa shape index (κ2) is 8.88. The van der Waals surface area contributed by atoms with Crippen molar-refractivity contribution in [3.05, 3.63) is 23.8 Å². The van der Waals surface area contributed by atoms with Crippen molar-refractivity contribution < 1.29 is 23.0 Å². The minimum atomic E-state index is -2.94. The lowest BCUT2D eigenvalue weighted by Crippen LogP contribution is -2.51. The maximum absolute atomic E-state index is 12.3. The number of amides is 1. The maximum Gasteiger partial charge on any atom is 0.387 e. The molecule has 2 rings (SSSR count). The summed E-state index contributed by atoms with van der Waals surface area (Å²) >= 11 is 0. The zero-order chi connectivity index (χ0) is 16.1. The molecule has 0 aliphatic carbocycles. The van der Waals surface area contributed by atoms with Gasteiger partial charge < -0.3 is 20.1 Å². The molecule has 1 amide bonds. The van der Waals surface area contributed by atoms with Gasteiger partial charge in [-0.3, -0.25) is 4.79 Å². The lowest BCUT2D eigenvalue weighted by atomic mass is 9.99. The van der Waals surface area contributed by atoms with Crippen LogP contribution in [0.15, 0.2) is 18.2 Å². The van der Waals surface area contributed by atoms with Crippen LogP contribution >= 0.6 is 12.4 Å². The third kappa shape index (κ3) is 5.21. The topological polar surface area (TPSA) is 59.6 Å². The van der Waals surface area contributed by atoms with Crippen LogP contribution in [-0.2, 0) is 0 Å². The minimum Gasteiger partial charge on any atom is -0.493 e. The summed E-state index contributed by atoms with van der Waals surface area (Å²) < 4.78 is 33.9. The predicted molar refractivity (Wildman–Crippen MR) is 84.8 cm³/mol. The molecular weight excluding hydrogens is 330 g/mol. The van der Waals surface area contributed by atoms with Crippen molar-refractivity contribution in [1.29, 1.82) is 0 Å².